The smallest absolute Gasteiger partial charge is 0.315 e. The van der Waals surface area contributed by atoms with E-state index in [2.05, 4.69) is 32.4 Å². The molecule has 3 aromatic rings. The molecule has 0 spiro atoms. The summed E-state index contributed by atoms with van der Waals surface area (Å²) in [6.07, 6.45) is 3.30. The number of aromatic nitrogens is 3. The Kier molecular flexibility index (Phi) is 5.54. The third-order valence-electron chi connectivity index (χ3n) is 4.30. The van der Waals surface area contributed by atoms with Gasteiger partial charge in [-0.1, -0.05) is 30.4 Å². The van der Waals surface area contributed by atoms with E-state index in [0.29, 0.717) is 11.8 Å². The lowest BCUT2D eigenvalue weighted by atomic mass is 9.92. The van der Waals surface area contributed by atoms with Gasteiger partial charge in [0.15, 0.2) is 0 Å². The minimum Gasteiger partial charge on any atom is -0.419 e. The summed E-state index contributed by atoms with van der Waals surface area (Å²) in [5.74, 6) is 0.709. The Balaban J connectivity index is 1.60. The number of allylic oxidation sites excluding steroid dienone is 1. The molecule has 0 saturated carbocycles. The zero-order valence-electron chi connectivity index (χ0n) is 16.2. The lowest BCUT2D eigenvalue weighted by molar-refractivity contribution is 0.228. The fourth-order valence-corrected chi connectivity index (χ4v) is 2.67. The highest BCUT2D eigenvalue weighted by atomic mass is 16.4. The van der Waals surface area contributed by atoms with E-state index in [-0.39, 0.29) is 12.6 Å². The van der Waals surface area contributed by atoms with Crippen LogP contribution in [0.4, 0.5) is 4.79 Å². The van der Waals surface area contributed by atoms with Crippen molar-refractivity contribution in [3.8, 4) is 11.5 Å². The number of hydrogen-bond donors (Lipinski definition) is 2. The van der Waals surface area contributed by atoms with Crippen LogP contribution < -0.4 is 10.6 Å². The van der Waals surface area contributed by atoms with Crippen molar-refractivity contribution in [1.82, 2.24) is 25.8 Å². The molecule has 144 valence electrons. The van der Waals surface area contributed by atoms with Gasteiger partial charge < -0.3 is 15.1 Å². The number of urea groups is 1. The Hall–Kier alpha value is -3.48. The van der Waals surface area contributed by atoms with Crippen molar-refractivity contribution in [2.24, 2.45) is 0 Å². The van der Waals surface area contributed by atoms with Crippen LogP contribution in [-0.2, 0) is 12.1 Å². The van der Waals surface area contributed by atoms with Crippen molar-refractivity contribution in [3.63, 3.8) is 0 Å². The zero-order valence-corrected chi connectivity index (χ0v) is 16.2. The molecular weight excluding hydrogens is 354 g/mol. The molecule has 0 saturated heterocycles. The Morgan fingerprint density at radius 2 is 1.93 bits per heavy atom. The normalized spacial score (nSPS) is 11.1. The zero-order chi connectivity index (χ0) is 20.1. The van der Waals surface area contributed by atoms with Crippen LogP contribution in [0.5, 0.6) is 0 Å². The lowest BCUT2D eigenvalue weighted by Gasteiger charge is -2.27. The van der Waals surface area contributed by atoms with Crippen LogP contribution in [0.15, 0.2) is 59.8 Å². The molecule has 2 amide bonds. The van der Waals surface area contributed by atoms with Gasteiger partial charge in [0.1, 0.15) is 0 Å². The second-order valence-corrected chi connectivity index (χ2v) is 7.03. The third kappa shape index (κ3) is 4.62. The molecule has 7 heteroatoms. The van der Waals surface area contributed by atoms with E-state index >= 15 is 0 Å². The summed E-state index contributed by atoms with van der Waals surface area (Å²) in [5.41, 5.74) is 3.22. The van der Waals surface area contributed by atoms with Crippen molar-refractivity contribution >= 4 is 11.6 Å². The van der Waals surface area contributed by atoms with E-state index in [1.807, 2.05) is 45.0 Å². The van der Waals surface area contributed by atoms with Gasteiger partial charge in [0, 0.05) is 18.0 Å². The molecule has 1 aromatic carbocycles. The average molecular weight is 377 g/mol. The van der Waals surface area contributed by atoms with Crippen molar-refractivity contribution in [3.05, 3.63) is 72.4 Å². The minimum atomic E-state index is -0.563. The summed E-state index contributed by atoms with van der Waals surface area (Å²) in [4.78, 5) is 16.3. The van der Waals surface area contributed by atoms with Crippen LogP contribution in [-0.4, -0.2) is 21.2 Å². The van der Waals surface area contributed by atoms with Gasteiger partial charge in [-0.05, 0) is 50.1 Å². The Morgan fingerprint density at radius 3 is 2.64 bits per heavy atom. The van der Waals surface area contributed by atoms with Gasteiger partial charge in [0.2, 0.25) is 11.8 Å². The topological polar surface area (TPSA) is 92.9 Å². The highest BCUT2D eigenvalue weighted by molar-refractivity contribution is 5.75. The summed E-state index contributed by atoms with van der Waals surface area (Å²) < 4.78 is 5.57. The maximum Gasteiger partial charge on any atom is 0.315 e. The van der Waals surface area contributed by atoms with Crippen LogP contribution in [0.3, 0.4) is 0 Å². The van der Waals surface area contributed by atoms with E-state index in [9.17, 15) is 4.79 Å². The average Bonchev–Trinajstić information content (AvgIpc) is 3.16. The second-order valence-electron chi connectivity index (χ2n) is 7.03. The van der Waals surface area contributed by atoms with Gasteiger partial charge in [-0.3, -0.25) is 4.98 Å². The maximum absolute atomic E-state index is 12.4. The van der Waals surface area contributed by atoms with E-state index in [4.69, 9.17) is 4.42 Å². The SMILES string of the molecule is C=C(C)c1cccc(C(C)(C)NC(=O)NCc2nnc(-c3ccncc3)o2)c1. The van der Waals surface area contributed by atoms with E-state index in [1.54, 1.807) is 24.5 Å². The molecule has 0 unspecified atom stereocenters. The molecule has 3 rings (SSSR count). The van der Waals surface area contributed by atoms with Crippen LogP contribution in [0.1, 0.15) is 37.8 Å². The number of carbonyl (C=O) groups is 1. The largest absolute Gasteiger partial charge is 0.419 e. The van der Waals surface area contributed by atoms with Crippen molar-refractivity contribution in [2.75, 3.05) is 0 Å². The summed E-state index contributed by atoms with van der Waals surface area (Å²) in [7, 11) is 0. The predicted octanol–water partition coefficient (Wildman–Crippen LogP) is 3.90. The van der Waals surface area contributed by atoms with Crippen LogP contribution in [0.2, 0.25) is 0 Å². The summed E-state index contributed by atoms with van der Waals surface area (Å²) in [5, 5.41) is 13.7. The molecule has 2 aromatic heterocycles. The molecule has 0 aliphatic rings. The fraction of sp³-hybridized carbons (Fsp3) is 0.238. The predicted molar refractivity (Wildman–Crippen MR) is 107 cm³/mol. The highest BCUT2D eigenvalue weighted by Gasteiger charge is 2.23. The summed E-state index contributed by atoms with van der Waals surface area (Å²) >= 11 is 0. The monoisotopic (exact) mass is 377 g/mol. The lowest BCUT2D eigenvalue weighted by Crippen LogP contribution is -2.46. The van der Waals surface area contributed by atoms with Crippen molar-refractivity contribution < 1.29 is 9.21 Å². The van der Waals surface area contributed by atoms with Crippen LogP contribution in [0, 0.1) is 0 Å². The molecule has 0 atom stereocenters. The maximum atomic E-state index is 12.4. The third-order valence-corrected chi connectivity index (χ3v) is 4.30. The van der Waals surface area contributed by atoms with Crippen molar-refractivity contribution in [2.45, 2.75) is 32.9 Å². The van der Waals surface area contributed by atoms with Crippen LogP contribution in [0.25, 0.3) is 17.0 Å². The molecule has 0 bridgehead atoms. The van der Waals surface area contributed by atoms with Gasteiger partial charge in [-0.15, -0.1) is 10.2 Å². The first-order valence-electron chi connectivity index (χ1n) is 8.90. The highest BCUT2D eigenvalue weighted by Crippen LogP contribution is 2.23. The number of carbonyl (C=O) groups excluding carboxylic acids is 1. The van der Waals surface area contributed by atoms with Gasteiger partial charge >= 0.3 is 6.03 Å². The Morgan fingerprint density at radius 1 is 1.18 bits per heavy atom. The van der Waals surface area contributed by atoms with E-state index < -0.39 is 5.54 Å². The molecule has 2 N–H and O–H groups in total. The van der Waals surface area contributed by atoms with Gasteiger partial charge in [-0.2, -0.15) is 0 Å². The molecule has 0 aliphatic heterocycles. The first kappa shape index (κ1) is 19.3. The minimum absolute atomic E-state index is 0.131. The first-order chi connectivity index (χ1) is 13.3. The second kappa shape index (κ2) is 8.04. The number of hydrogen-bond acceptors (Lipinski definition) is 5. The quantitative estimate of drug-likeness (QED) is 0.680. The number of nitrogens with zero attached hydrogens (tertiary/aromatic N) is 3. The summed E-state index contributed by atoms with van der Waals surface area (Å²) in [6.45, 7) is 9.94. The van der Waals surface area contributed by atoms with E-state index in [1.165, 1.54) is 0 Å². The first-order valence-corrected chi connectivity index (χ1v) is 8.90. The number of amides is 2. The number of rotatable bonds is 6. The molecule has 0 radical (unpaired) electrons. The van der Waals surface area contributed by atoms with Crippen LogP contribution >= 0.6 is 0 Å². The van der Waals surface area contributed by atoms with Crippen molar-refractivity contribution in [1.29, 1.82) is 0 Å². The molecule has 28 heavy (non-hydrogen) atoms. The standard InChI is InChI=1S/C21H23N5O2/c1-14(2)16-6-5-7-17(12-16)21(3,4)24-20(27)23-13-18-25-26-19(28-18)15-8-10-22-11-9-15/h5-12H,1,13H2,2-4H3,(H2,23,24,27). The molecule has 2 heterocycles. The fourth-order valence-electron chi connectivity index (χ4n) is 2.67. The number of pyridine rings is 1. The van der Waals surface area contributed by atoms with Gasteiger partial charge in [0.05, 0.1) is 12.1 Å². The molecular formula is C21H23N5O2. The van der Waals surface area contributed by atoms with Gasteiger partial charge in [0.25, 0.3) is 0 Å². The Labute approximate surface area is 163 Å². The molecule has 0 aliphatic carbocycles. The number of benzene rings is 1. The molecule has 0 fully saturated rings. The van der Waals surface area contributed by atoms with E-state index in [0.717, 1.165) is 22.3 Å². The Bertz CT molecular complexity index is 979. The summed E-state index contributed by atoms with van der Waals surface area (Å²) in [6, 6.07) is 11.2. The molecule has 7 nitrogen and oxygen atoms in total. The van der Waals surface area contributed by atoms with Gasteiger partial charge in [-0.25, -0.2) is 4.79 Å². The number of nitrogens with one attached hydrogen (secondary N) is 2.